The Bertz CT molecular complexity index is 457. The first kappa shape index (κ1) is 11.3. The second kappa shape index (κ2) is 5.24. The molecule has 0 saturated heterocycles. The van der Waals surface area contributed by atoms with E-state index in [0.29, 0.717) is 5.82 Å². The third-order valence-electron chi connectivity index (χ3n) is 1.99. The second-order valence-electron chi connectivity index (χ2n) is 2.90. The van der Waals surface area contributed by atoms with Gasteiger partial charge in [0.25, 0.3) is 0 Å². The molecule has 16 heavy (non-hydrogen) atoms. The van der Waals surface area contributed by atoms with E-state index in [4.69, 9.17) is 5.84 Å². The maximum Gasteiger partial charge on any atom is 0.156 e. The number of nitrogens with two attached hydrogens (primary N) is 1. The molecule has 0 amide bonds. The monoisotopic (exact) mass is 253 g/mol. The molecule has 2 rings (SSSR count). The smallest absolute Gasteiger partial charge is 0.156 e. The lowest BCUT2D eigenvalue weighted by Crippen LogP contribution is -2.12. The van der Waals surface area contributed by atoms with Crippen molar-refractivity contribution in [2.24, 2.45) is 5.84 Å². The van der Waals surface area contributed by atoms with E-state index in [1.807, 2.05) is 12.3 Å². The Labute approximate surface area is 102 Å². The van der Waals surface area contributed by atoms with Gasteiger partial charge in [0.15, 0.2) is 4.34 Å². The summed E-state index contributed by atoms with van der Waals surface area (Å²) >= 11 is 3.13. The molecule has 0 atom stereocenters. The highest BCUT2D eigenvalue weighted by molar-refractivity contribution is 8.01. The predicted octanol–water partition coefficient (Wildman–Crippen LogP) is 1.93. The van der Waals surface area contributed by atoms with E-state index in [2.05, 4.69) is 20.4 Å². The van der Waals surface area contributed by atoms with E-state index in [-0.39, 0.29) is 0 Å². The summed E-state index contributed by atoms with van der Waals surface area (Å²) in [5.74, 6) is 6.08. The Morgan fingerprint density at radius 3 is 2.94 bits per heavy atom. The molecule has 0 fully saturated rings. The van der Waals surface area contributed by atoms with Crippen molar-refractivity contribution in [3.05, 3.63) is 23.5 Å². The van der Waals surface area contributed by atoms with Gasteiger partial charge in [-0.05, 0) is 18.2 Å². The van der Waals surface area contributed by atoms with Crippen LogP contribution in [-0.2, 0) is 6.42 Å². The highest BCUT2D eigenvalue weighted by atomic mass is 32.2. The first-order valence-corrected chi connectivity index (χ1v) is 6.42. The number of rotatable bonds is 4. The minimum absolute atomic E-state index is 0.677. The molecule has 2 heterocycles. The maximum absolute atomic E-state index is 5.41. The summed E-state index contributed by atoms with van der Waals surface area (Å²) in [6, 6.07) is 0. The van der Waals surface area contributed by atoms with Gasteiger partial charge in [0.2, 0.25) is 0 Å². The Morgan fingerprint density at radius 1 is 1.44 bits per heavy atom. The fourth-order valence-electron chi connectivity index (χ4n) is 1.27. The largest absolute Gasteiger partial charge is 0.308 e. The number of nitrogens with one attached hydrogen (secondary N) is 1. The number of hydrazine groups is 1. The van der Waals surface area contributed by atoms with Crippen LogP contribution in [0.25, 0.3) is 0 Å². The molecule has 5 nitrogen and oxygen atoms in total. The molecule has 0 aliphatic rings. The minimum Gasteiger partial charge on any atom is -0.308 e. The molecule has 0 radical (unpaired) electrons. The standard InChI is InChI=1S/C9H11N5S2/c1-2-6-7(14-10)12-5-13-8(6)16-9-11-3-4-15-9/h3-5H,2,10H2,1H3,(H,12,13,14). The van der Waals surface area contributed by atoms with Crippen LogP contribution < -0.4 is 11.3 Å². The van der Waals surface area contributed by atoms with Gasteiger partial charge in [-0.25, -0.2) is 20.8 Å². The van der Waals surface area contributed by atoms with Gasteiger partial charge in [-0.15, -0.1) is 11.3 Å². The van der Waals surface area contributed by atoms with Gasteiger partial charge in [0.1, 0.15) is 17.2 Å². The lowest BCUT2D eigenvalue weighted by molar-refractivity contribution is 0.940. The van der Waals surface area contributed by atoms with Crippen LogP contribution in [0.5, 0.6) is 0 Å². The van der Waals surface area contributed by atoms with Gasteiger partial charge in [-0.2, -0.15) is 0 Å². The highest BCUT2D eigenvalue weighted by Gasteiger charge is 2.11. The second-order valence-corrected chi connectivity index (χ2v) is 5.03. The van der Waals surface area contributed by atoms with Crippen molar-refractivity contribution < 1.29 is 0 Å². The maximum atomic E-state index is 5.41. The summed E-state index contributed by atoms with van der Waals surface area (Å²) in [6.45, 7) is 2.05. The number of thiazole rings is 1. The summed E-state index contributed by atoms with van der Waals surface area (Å²) in [5, 5.41) is 2.84. The zero-order valence-corrected chi connectivity index (χ0v) is 10.3. The Kier molecular flexibility index (Phi) is 3.70. The minimum atomic E-state index is 0.677. The molecular weight excluding hydrogens is 242 g/mol. The summed E-state index contributed by atoms with van der Waals surface area (Å²) in [5.41, 5.74) is 3.60. The lowest BCUT2D eigenvalue weighted by Gasteiger charge is -2.08. The number of hydrogen-bond donors (Lipinski definition) is 2. The molecule has 0 spiro atoms. The van der Waals surface area contributed by atoms with Crippen molar-refractivity contribution in [1.29, 1.82) is 0 Å². The molecule has 7 heteroatoms. The quantitative estimate of drug-likeness (QED) is 0.492. The molecule has 84 valence electrons. The Morgan fingerprint density at radius 2 is 2.31 bits per heavy atom. The average Bonchev–Trinajstić information content (AvgIpc) is 2.81. The number of aromatic nitrogens is 3. The zero-order chi connectivity index (χ0) is 11.4. The van der Waals surface area contributed by atoms with Crippen LogP contribution in [0.3, 0.4) is 0 Å². The third kappa shape index (κ3) is 2.31. The number of hydrogen-bond acceptors (Lipinski definition) is 7. The number of nitrogen functional groups attached to an aromatic ring is 1. The number of nitrogens with zero attached hydrogens (tertiary/aromatic N) is 3. The molecule has 0 bridgehead atoms. The van der Waals surface area contributed by atoms with E-state index in [9.17, 15) is 0 Å². The van der Waals surface area contributed by atoms with Gasteiger partial charge >= 0.3 is 0 Å². The zero-order valence-electron chi connectivity index (χ0n) is 8.67. The molecule has 2 aromatic heterocycles. The van der Waals surface area contributed by atoms with Gasteiger partial charge in [0, 0.05) is 17.1 Å². The fourth-order valence-corrected chi connectivity index (χ4v) is 2.97. The SMILES string of the molecule is CCc1c(NN)ncnc1Sc1nccs1. The summed E-state index contributed by atoms with van der Waals surface area (Å²) < 4.78 is 0.969. The molecule has 0 unspecified atom stereocenters. The Hall–Kier alpha value is -1.18. The van der Waals surface area contributed by atoms with E-state index in [0.717, 1.165) is 21.3 Å². The first-order valence-electron chi connectivity index (χ1n) is 4.73. The molecule has 2 aromatic rings. The van der Waals surface area contributed by atoms with Crippen molar-refractivity contribution in [2.75, 3.05) is 5.43 Å². The summed E-state index contributed by atoms with van der Waals surface area (Å²) in [7, 11) is 0. The van der Waals surface area contributed by atoms with Crippen LogP contribution >= 0.6 is 23.1 Å². The summed E-state index contributed by atoms with van der Waals surface area (Å²) in [4.78, 5) is 12.5. The van der Waals surface area contributed by atoms with Crippen LogP contribution in [0, 0.1) is 0 Å². The highest BCUT2D eigenvalue weighted by Crippen LogP contribution is 2.32. The topological polar surface area (TPSA) is 76.7 Å². The van der Waals surface area contributed by atoms with Crippen molar-refractivity contribution in [2.45, 2.75) is 22.7 Å². The van der Waals surface area contributed by atoms with Gasteiger partial charge in [0.05, 0.1) is 0 Å². The molecule has 0 aromatic carbocycles. The van der Waals surface area contributed by atoms with Crippen LogP contribution in [0.4, 0.5) is 5.82 Å². The Balaban J connectivity index is 2.33. The molecule has 0 aliphatic heterocycles. The van der Waals surface area contributed by atoms with Gasteiger partial charge in [-0.3, -0.25) is 0 Å². The molecular formula is C9H11N5S2. The number of anilines is 1. The van der Waals surface area contributed by atoms with Crippen LogP contribution in [0.15, 0.2) is 27.3 Å². The van der Waals surface area contributed by atoms with Gasteiger partial charge in [-0.1, -0.05) is 6.92 Å². The first-order chi connectivity index (χ1) is 7.85. The average molecular weight is 253 g/mol. The van der Waals surface area contributed by atoms with Crippen LogP contribution in [0.1, 0.15) is 12.5 Å². The molecule has 3 N–H and O–H groups in total. The van der Waals surface area contributed by atoms with E-state index in [1.165, 1.54) is 18.1 Å². The van der Waals surface area contributed by atoms with Crippen LogP contribution in [0.2, 0.25) is 0 Å². The fraction of sp³-hybridized carbons (Fsp3) is 0.222. The van der Waals surface area contributed by atoms with E-state index < -0.39 is 0 Å². The van der Waals surface area contributed by atoms with Crippen molar-refractivity contribution in [1.82, 2.24) is 15.0 Å². The predicted molar refractivity (Wildman–Crippen MR) is 65.5 cm³/mol. The lowest BCUT2D eigenvalue weighted by atomic mass is 10.2. The normalized spacial score (nSPS) is 10.4. The summed E-state index contributed by atoms with van der Waals surface area (Å²) in [6.07, 6.45) is 4.11. The van der Waals surface area contributed by atoms with Crippen molar-refractivity contribution >= 4 is 28.9 Å². The van der Waals surface area contributed by atoms with Crippen molar-refractivity contribution in [3.63, 3.8) is 0 Å². The molecule has 0 saturated carbocycles. The van der Waals surface area contributed by atoms with Gasteiger partial charge < -0.3 is 5.43 Å². The van der Waals surface area contributed by atoms with E-state index >= 15 is 0 Å². The van der Waals surface area contributed by atoms with Crippen molar-refractivity contribution in [3.8, 4) is 0 Å². The molecule has 0 aliphatic carbocycles. The third-order valence-corrected chi connectivity index (χ3v) is 3.92. The van der Waals surface area contributed by atoms with Crippen LogP contribution in [-0.4, -0.2) is 15.0 Å². The van der Waals surface area contributed by atoms with E-state index in [1.54, 1.807) is 17.5 Å².